The van der Waals surface area contributed by atoms with Crippen LogP contribution in [0.25, 0.3) is 6.08 Å². The smallest absolute Gasteiger partial charge is 0.268 e. The number of nitrogens with zero attached hydrogens (tertiary/aromatic N) is 1. The van der Waals surface area contributed by atoms with Crippen LogP contribution in [0.3, 0.4) is 0 Å². The first-order valence-electron chi connectivity index (χ1n) is 6.76. The fraction of sp³-hybridized carbons (Fsp3) is 0.0588. The number of thioether (sulfide) groups is 1. The van der Waals surface area contributed by atoms with E-state index >= 15 is 0 Å². The van der Waals surface area contributed by atoms with Crippen molar-refractivity contribution in [2.24, 2.45) is 0 Å². The van der Waals surface area contributed by atoms with Gasteiger partial charge in [0.1, 0.15) is 0 Å². The number of carbonyl (C=O) groups is 2. The number of amides is 2. The molecule has 0 aliphatic carbocycles. The third-order valence-electron chi connectivity index (χ3n) is 3.33. The van der Waals surface area contributed by atoms with E-state index in [4.69, 9.17) is 23.2 Å². The fourth-order valence-corrected chi connectivity index (χ4v) is 3.57. The van der Waals surface area contributed by atoms with E-state index in [-0.39, 0.29) is 11.1 Å². The Morgan fingerprint density at radius 3 is 2.35 bits per heavy atom. The van der Waals surface area contributed by atoms with Crippen molar-refractivity contribution >= 4 is 57.9 Å². The third-order valence-corrected chi connectivity index (χ3v) is 4.86. The van der Waals surface area contributed by atoms with Crippen molar-refractivity contribution in [3.8, 4) is 0 Å². The van der Waals surface area contributed by atoms with Gasteiger partial charge in [-0.3, -0.25) is 9.59 Å². The van der Waals surface area contributed by atoms with E-state index < -0.39 is 0 Å². The monoisotopic (exact) mass is 363 g/mol. The van der Waals surface area contributed by atoms with Gasteiger partial charge >= 0.3 is 0 Å². The highest BCUT2D eigenvalue weighted by Crippen LogP contribution is 2.37. The zero-order valence-corrected chi connectivity index (χ0v) is 14.4. The molecule has 0 N–H and O–H groups in total. The molecule has 1 aliphatic rings. The number of hydrogen-bond acceptors (Lipinski definition) is 3. The van der Waals surface area contributed by atoms with E-state index in [1.54, 1.807) is 36.4 Å². The summed E-state index contributed by atoms with van der Waals surface area (Å²) in [5.74, 6) is -0.374. The van der Waals surface area contributed by atoms with E-state index in [1.807, 2.05) is 19.1 Å². The Hall–Kier alpha value is -1.75. The van der Waals surface area contributed by atoms with Gasteiger partial charge in [0.15, 0.2) is 0 Å². The molecule has 1 fully saturated rings. The lowest BCUT2D eigenvalue weighted by Gasteiger charge is -2.12. The summed E-state index contributed by atoms with van der Waals surface area (Å²) in [7, 11) is 0. The lowest BCUT2D eigenvalue weighted by Crippen LogP contribution is -2.27. The number of halogens is 2. The first kappa shape index (κ1) is 16.1. The molecule has 3 rings (SSSR count). The molecular formula is C17H11Cl2NO2S. The van der Waals surface area contributed by atoms with Crippen LogP contribution in [0.4, 0.5) is 10.5 Å². The van der Waals surface area contributed by atoms with Gasteiger partial charge < -0.3 is 0 Å². The Labute approximate surface area is 147 Å². The summed E-state index contributed by atoms with van der Waals surface area (Å²) in [5, 5.41) is 0.523. The minimum Gasteiger partial charge on any atom is -0.268 e. The lowest BCUT2D eigenvalue weighted by molar-refractivity contribution is -0.113. The van der Waals surface area contributed by atoms with Gasteiger partial charge in [0, 0.05) is 15.6 Å². The topological polar surface area (TPSA) is 37.4 Å². The van der Waals surface area contributed by atoms with Gasteiger partial charge in [-0.25, -0.2) is 4.90 Å². The van der Waals surface area contributed by atoms with Gasteiger partial charge in [-0.1, -0.05) is 41.4 Å². The van der Waals surface area contributed by atoms with Crippen LogP contribution in [0.1, 0.15) is 11.1 Å². The lowest BCUT2D eigenvalue weighted by atomic mass is 10.2. The van der Waals surface area contributed by atoms with Crippen LogP contribution >= 0.6 is 35.0 Å². The van der Waals surface area contributed by atoms with Crippen LogP contribution in [-0.4, -0.2) is 11.1 Å². The van der Waals surface area contributed by atoms with Gasteiger partial charge in [-0.05, 0) is 54.6 Å². The van der Waals surface area contributed by atoms with Crippen molar-refractivity contribution in [1.82, 2.24) is 0 Å². The molecular weight excluding hydrogens is 353 g/mol. The van der Waals surface area contributed by atoms with Crippen LogP contribution in [0.15, 0.2) is 47.4 Å². The molecule has 2 amide bonds. The van der Waals surface area contributed by atoms with Crippen LogP contribution in [-0.2, 0) is 4.79 Å². The number of rotatable bonds is 2. The second kappa shape index (κ2) is 6.40. The molecule has 0 unspecified atom stereocenters. The maximum atomic E-state index is 12.6. The molecule has 0 bridgehead atoms. The summed E-state index contributed by atoms with van der Waals surface area (Å²) in [6.07, 6.45) is 1.56. The molecule has 6 heteroatoms. The normalized spacial score (nSPS) is 16.5. The van der Waals surface area contributed by atoms with Crippen LogP contribution in [0, 0.1) is 6.92 Å². The molecule has 1 aliphatic heterocycles. The highest BCUT2D eigenvalue weighted by Gasteiger charge is 2.36. The van der Waals surface area contributed by atoms with Gasteiger partial charge in [-0.15, -0.1) is 0 Å². The van der Waals surface area contributed by atoms with Crippen molar-refractivity contribution in [3.63, 3.8) is 0 Å². The van der Waals surface area contributed by atoms with Crippen LogP contribution in [0.5, 0.6) is 0 Å². The molecule has 2 aromatic carbocycles. The minimum atomic E-state index is -0.374. The van der Waals surface area contributed by atoms with E-state index in [0.29, 0.717) is 26.2 Å². The zero-order valence-electron chi connectivity index (χ0n) is 12.0. The summed E-state index contributed by atoms with van der Waals surface area (Å²) >= 11 is 13.1. The number of imide groups is 1. The molecule has 116 valence electrons. The van der Waals surface area contributed by atoms with Crippen molar-refractivity contribution in [3.05, 3.63) is 68.5 Å². The Balaban J connectivity index is 2.00. The summed E-state index contributed by atoms with van der Waals surface area (Å²) < 4.78 is 0. The molecule has 2 aromatic rings. The van der Waals surface area contributed by atoms with E-state index in [0.717, 1.165) is 22.2 Å². The predicted octanol–water partition coefficient (Wildman–Crippen LogP) is 5.54. The molecule has 23 heavy (non-hydrogen) atoms. The highest BCUT2D eigenvalue weighted by atomic mass is 35.5. The van der Waals surface area contributed by atoms with Gasteiger partial charge in [-0.2, -0.15) is 0 Å². The standard InChI is InChI=1S/C17H11Cl2NO2S/c1-10-4-2-5-11(8-10)20-16(21)15(23-17(20)22)9-12-13(18)6-3-7-14(12)19/h2-9H,1H3/b15-9-. The fourth-order valence-electron chi connectivity index (χ4n) is 2.24. The SMILES string of the molecule is Cc1cccc(N2C(=O)S/C(=C\c3c(Cl)cccc3Cl)C2=O)c1. The number of aryl methyl sites for hydroxylation is 1. The van der Waals surface area contributed by atoms with Crippen molar-refractivity contribution in [1.29, 1.82) is 0 Å². The Morgan fingerprint density at radius 1 is 1.04 bits per heavy atom. The minimum absolute atomic E-state index is 0.298. The zero-order chi connectivity index (χ0) is 16.6. The number of hydrogen-bond donors (Lipinski definition) is 0. The van der Waals surface area contributed by atoms with Crippen molar-refractivity contribution < 1.29 is 9.59 Å². The first-order valence-corrected chi connectivity index (χ1v) is 8.33. The third kappa shape index (κ3) is 3.15. The largest absolute Gasteiger partial charge is 0.298 e. The predicted molar refractivity (Wildman–Crippen MR) is 96.1 cm³/mol. The average Bonchev–Trinajstić information content (AvgIpc) is 2.77. The Kier molecular flexibility index (Phi) is 4.48. The average molecular weight is 364 g/mol. The summed E-state index contributed by atoms with van der Waals surface area (Å²) in [4.78, 5) is 26.3. The molecule has 1 saturated heterocycles. The van der Waals surface area contributed by atoms with E-state index in [1.165, 1.54) is 0 Å². The molecule has 0 radical (unpaired) electrons. The van der Waals surface area contributed by atoms with Crippen molar-refractivity contribution in [2.45, 2.75) is 6.92 Å². The molecule has 0 saturated carbocycles. The molecule has 3 nitrogen and oxygen atoms in total. The highest BCUT2D eigenvalue weighted by molar-refractivity contribution is 8.19. The maximum absolute atomic E-state index is 12.6. The molecule has 0 atom stereocenters. The van der Waals surface area contributed by atoms with E-state index in [9.17, 15) is 9.59 Å². The van der Waals surface area contributed by atoms with Gasteiger partial charge in [0.05, 0.1) is 10.6 Å². The molecule has 0 aromatic heterocycles. The van der Waals surface area contributed by atoms with Crippen LogP contribution in [0.2, 0.25) is 10.0 Å². The maximum Gasteiger partial charge on any atom is 0.298 e. The summed E-state index contributed by atoms with van der Waals surface area (Å²) in [6.45, 7) is 1.90. The summed E-state index contributed by atoms with van der Waals surface area (Å²) in [6, 6.07) is 12.3. The first-order chi connectivity index (χ1) is 11.0. The number of carbonyl (C=O) groups excluding carboxylic acids is 2. The summed E-state index contributed by atoms with van der Waals surface area (Å²) in [5.41, 5.74) is 2.06. The molecule has 1 heterocycles. The van der Waals surface area contributed by atoms with Crippen LogP contribution < -0.4 is 4.90 Å². The van der Waals surface area contributed by atoms with Gasteiger partial charge in [0.2, 0.25) is 0 Å². The quantitative estimate of drug-likeness (QED) is 0.657. The Bertz CT molecular complexity index is 828. The second-order valence-electron chi connectivity index (χ2n) is 4.99. The number of anilines is 1. The number of benzene rings is 2. The molecule has 0 spiro atoms. The van der Waals surface area contributed by atoms with Gasteiger partial charge in [0.25, 0.3) is 11.1 Å². The van der Waals surface area contributed by atoms with Crippen molar-refractivity contribution in [2.75, 3.05) is 4.90 Å². The van der Waals surface area contributed by atoms with E-state index in [2.05, 4.69) is 0 Å². The second-order valence-corrected chi connectivity index (χ2v) is 6.80. The Morgan fingerprint density at radius 2 is 1.70 bits per heavy atom.